The van der Waals surface area contributed by atoms with Gasteiger partial charge in [-0.05, 0) is 29.8 Å². The number of hydrogen-bond donors (Lipinski definition) is 1. The van der Waals surface area contributed by atoms with Crippen molar-refractivity contribution in [2.75, 3.05) is 5.32 Å². The van der Waals surface area contributed by atoms with E-state index in [2.05, 4.69) is 15.3 Å². The number of aromatic nitrogens is 2. The van der Waals surface area contributed by atoms with Crippen LogP contribution in [0.2, 0.25) is 0 Å². The number of carbonyl (C=O) groups is 1. The Kier molecular flexibility index (Phi) is 3.37. The molecule has 3 rings (SSSR count). The standard InChI is InChI=1S/C16H13N3O/c20-16(19-15-7-3-4-9-18-15)11-12-8-10-17-14-6-2-1-5-13(12)14/h1-10H,11H2,(H,18,19,20). The zero-order chi connectivity index (χ0) is 13.8. The van der Waals surface area contributed by atoms with Crippen LogP contribution in [0.1, 0.15) is 5.56 Å². The second kappa shape index (κ2) is 5.48. The summed E-state index contributed by atoms with van der Waals surface area (Å²) in [5, 5.41) is 3.79. The summed E-state index contributed by atoms with van der Waals surface area (Å²) in [5.41, 5.74) is 1.86. The average molecular weight is 263 g/mol. The molecule has 3 aromatic rings. The smallest absolute Gasteiger partial charge is 0.229 e. The van der Waals surface area contributed by atoms with Gasteiger partial charge in [0.25, 0.3) is 0 Å². The van der Waals surface area contributed by atoms with Crippen molar-refractivity contribution in [3.05, 3.63) is 66.5 Å². The van der Waals surface area contributed by atoms with Crippen molar-refractivity contribution in [1.29, 1.82) is 0 Å². The summed E-state index contributed by atoms with van der Waals surface area (Å²) in [6, 6.07) is 15.1. The van der Waals surface area contributed by atoms with Gasteiger partial charge in [0.05, 0.1) is 11.9 Å². The van der Waals surface area contributed by atoms with Crippen LogP contribution < -0.4 is 5.32 Å². The number of hydrogen-bond acceptors (Lipinski definition) is 3. The molecule has 0 spiro atoms. The first-order chi connectivity index (χ1) is 9.83. The Morgan fingerprint density at radius 1 is 0.950 bits per heavy atom. The average Bonchev–Trinajstić information content (AvgIpc) is 2.48. The van der Waals surface area contributed by atoms with Crippen LogP contribution in [0, 0.1) is 0 Å². The summed E-state index contributed by atoms with van der Waals surface area (Å²) in [6.45, 7) is 0. The van der Waals surface area contributed by atoms with Crippen molar-refractivity contribution in [3.8, 4) is 0 Å². The maximum Gasteiger partial charge on any atom is 0.229 e. The minimum atomic E-state index is -0.0833. The van der Waals surface area contributed by atoms with Gasteiger partial charge in [0.2, 0.25) is 5.91 Å². The van der Waals surface area contributed by atoms with E-state index in [9.17, 15) is 4.79 Å². The molecule has 4 nitrogen and oxygen atoms in total. The molecule has 0 saturated carbocycles. The summed E-state index contributed by atoms with van der Waals surface area (Å²) in [6.07, 6.45) is 3.68. The topological polar surface area (TPSA) is 54.9 Å². The Morgan fingerprint density at radius 3 is 2.65 bits per heavy atom. The third-order valence-electron chi connectivity index (χ3n) is 3.02. The van der Waals surface area contributed by atoms with Crippen LogP contribution in [0.4, 0.5) is 5.82 Å². The van der Waals surface area contributed by atoms with Gasteiger partial charge in [-0.2, -0.15) is 0 Å². The molecule has 1 N–H and O–H groups in total. The third kappa shape index (κ3) is 2.64. The van der Waals surface area contributed by atoms with Crippen LogP contribution in [0.5, 0.6) is 0 Å². The van der Waals surface area contributed by atoms with Crippen LogP contribution in [0.15, 0.2) is 60.9 Å². The number of nitrogens with one attached hydrogen (secondary N) is 1. The van der Waals surface area contributed by atoms with Crippen LogP contribution in [-0.4, -0.2) is 15.9 Å². The normalized spacial score (nSPS) is 10.4. The molecule has 1 aromatic carbocycles. The van der Waals surface area contributed by atoms with Crippen molar-refractivity contribution >= 4 is 22.6 Å². The number of amides is 1. The fraction of sp³-hybridized carbons (Fsp3) is 0.0625. The van der Waals surface area contributed by atoms with Crippen molar-refractivity contribution in [3.63, 3.8) is 0 Å². The second-order valence-corrected chi connectivity index (χ2v) is 4.43. The molecule has 2 heterocycles. The van der Waals surface area contributed by atoms with E-state index in [0.29, 0.717) is 12.2 Å². The first-order valence-electron chi connectivity index (χ1n) is 6.36. The molecule has 0 fully saturated rings. The van der Waals surface area contributed by atoms with Crippen molar-refractivity contribution in [1.82, 2.24) is 9.97 Å². The molecule has 2 aromatic heterocycles. The lowest BCUT2D eigenvalue weighted by atomic mass is 10.1. The molecule has 0 radical (unpaired) electrons. The highest BCUT2D eigenvalue weighted by Crippen LogP contribution is 2.17. The molecule has 1 amide bonds. The Balaban J connectivity index is 1.81. The van der Waals surface area contributed by atoms with E-state index in [4.69, 9.17) is 0 Å². The largest absolute Gasteiger partial charge is 0.310 e. The lowest BCUT2D eigenvalue weighted by Gasteiger charge is -2.06. The number of pyridine rings is 2. The summed E-state index contributed by atoms with van der Waals surface area (Å²) in [4.78, 5) is 20.4. The SMILES string of the molecule is O=C(Cc1ccnc2ccccc12)Nc1ccccn1. The van der Waals surface area contributed by atoms with Gasteiger partial charge >= 0.3 is 0 Å². The van der Waals surface area contributed by atoms with E-state index in [0.717, 1.165) is 16.5 Å². The van der Waals surface area contributed by atoms with Gasteiger partial charge in [-0.3, -0.25) is 9.78 Å². The summed E-state index contributed by atoms with van der Waals surface area (Å²) < 4.78 is 0. The Labute approximate surface area is 116 Å². The minimum absolute atomic E-state index is 0.0833. The lowest BCUT2D eigenvalue weighted by molar-refractivity contribution is -0.115. The molecule has 4 heteroatoms. The van der Waals surface area contributed by atoms with Gasteiger partial charge in [0.15, 0.2) is 0 Å². The predicted octanol–water partition coefficient (Wildman–Crippen LogP) is 2.81. The van der Waals surface area contributed by atoms with E-state index in [1.165, 1.54) is 0 Å². The van der Waals surface area contributed by atoms with Gasteiger partial charge in [0.1, 0.15) is 5.82 Å². The van der Waals surface area contributed by atoms with Crippen molar-refractivity contribution in [2.24, 2.45) is 0 Å². The molecule has 0 aliphatic heterocycles. The zero-order valence-corrected chi connectivity index (χ0v) is 10.8. The minimum Gasteiger partial charge on any atom is -0.310 e. The molecule has 0 unspecified atom stereocenters. The summed E-state index contributed by atoms with van der Waals surface area (Å²) in [7, 11) is 0. The molecule has 98 valence electrons. The molecule has 20 heavy (non-hydrogen) atoms. The predicted molar refractivity (Wildman–Crippen MR) is 78.3 cm³/mol. The van der Waals surface area contributed by atoms with E-state index in [1.807, 2.05) is 42.5 Å². The zero-order valence-electron chi connectivity index (χ0n) is 10.8. The Bertz CT molecular complexity index is 736. The molecule has 0 atom stereocenters. The molecule has 0 saturated heterocycles. The fourth-order valence-corrected chi connectivity index (χ4v) is 2.11. The highest BCUT2D eigenvalue weighted by Gasteiger charge is 2.07. The quantitative estimate of drug-likeness (QED) is 0.790. The molecule has 0 aliphatic rings. The molecule has 0 aliphatic carbocycles. The van der Waals surface area contributed by atoms with Crippen LogP contribution in [0.25, 0.3) is 10.9 Å². The van der Waals surface area contributed by atoms with E-state index < -0.39 is 0 Å². The van der Waals surface area contributed by atoms with E-state index in [-0.39, 0.29) is 5.91 Å². The van der Waals surface area contributed by atoms with Gasteiger partial charge in [0, 0.05) is 17.8 Å². The first-order valence-corrected chi connectivity index (χ1v) is 6.36. The maximum absolute atomic E-state index is 12.1. The van der Waals surface area contributed by atoms with Crippen molar-refractivity contribution < 1.29 is 4.79 Å². The third-order valence-corrected chi connectivity index (χ3v) is 3.02. The number of fused-ring (bicyclic) bond motifs is 1. The van der Waals surface area contributed by atoms with Crippen LogP contribution in [0.3, 0.4) is 0 Å². The first kappa shape index (κ1) is 12.3. The van der Waals surface area contributed by atoms with Crippen LogP contribution in [-0.2, 0) is 11.2 Å². The highest BCUT2D eigenvalue weighted by molar-refractivity contribution is 5.94. The summed E-state index contributed by atoms with van der Waals surface area (Å²) in [5.74, 6) is 0.482. The maximum atomic E-state index is 12.1. The van der Waals surface area contributed by atoms with E-state index in [1.54, 1.807) is 18.5 Å². The number of carbonyl (C=O) groups excluding carboxylic acids is 1. The Hall–Kier alpha value is -2.75. The van der Waals surface area contributed by atoms with Crippen molar-refractivity contribution in [2.45, 2.75) is 6.42 Å². The molecular formula is C16H13N3O. The lowest BCUT2D eigenvalue weighted by Crippen LogP contribution is -2.15. The number of benzene rings is 1. The van der Waals surface area contributed by atoms with Gasteiger partial charge < -0.3 is 5.32 Å². The van der Waals surface area contributed by atoms with Gasteiger partial charge in [-0.15, -0.1) is 0 Å². The number of rotatable bonds is 3. The monoisotopic (exact) mass is 263 g/mol. The molecule has 0 bridgehead atoms. The number of anilines is 1. The highest BCUT2D eigenvalue weighted by atomic mass is 16.1. The second-order valence-electron chi connectivity index (χ2n) is 4.43. The fourth-order valence-electron chi connectivity index (χ4n) is 2.11. The van der Waals surface area contributed by atoms with E-state index >= 15 is 0 Å². The number of nitrogens with zero attached hydrogens (tertiary/aromatic N) is 2. The van der Waals surface area contributed by atoms with Gasteiger partial charge in [-0.1, -0.05) is 24.3 Å². The summed E-state index contributed by atoms with van der Waals surface area (Å²) >= 11 is 0. The molecular weight excluding hydrogens is 250 g/mol. The number of para-hydroxylation sites is 1. The van der Waals surface area contributed by atoms with Gasteiger partial charge in [-0.25, -0.2) is 4.98 Å². The van der Waals surface area contributed by atoms with Crippen LogP contribution >= 0.6 is 0 Å². The Morgan fingerprint density at radius 2 is 1.80 bits per heavy atom.